The molecular weight excluding hydrogens is 300 g/mol. The molecule has 2 atom stereocenters. The standard InChI is InChI=1S/C15H20N4O2S/c1-19(8-10-4-2-7-13(10)20)9-14(21)16-11-5-3-6-12-15(11)18-22-17-12/h3,5-6,10,13,20H,2,4,7-9H2,1H3,(H,16,21). The second-order valence-electron chi connectivity index (χ2n) is 5.94. The van der Waals surface area contributed by atoms with Gasteiger partial charge in [0.25, 0.3) is 0 Å². The predicted octanol–water partition coefficient (Wildman–Crippen LogP) is 2.44. The van der Waals surface area contributed by atoms with E-state index in [1.165, 1.54) is 0 Å². The Morgan fingerprint density at radius 3 is 3.09 bits per heavy atom. The van der Waals surface area contributed by atoms with Gasteiger partial charge in [0.05, 0.1) is 29.7 Å². The Kier molecular flexibility index (Phi) is 4.66. The average molecular weight is 320 g/mol. The molecular formula is C15H20N4O2S. The van der Waals surface area contributed by atoms with Gasteiger partial charge in [-0.2, -0.15) is 8.73 Å². The van der Waals surface area contributed by atoms with Gasteiger partial charge in [0, 0.05) is 6.54 Å². The maximum atomic E-state index is 12.2. The van der Waals surface area contributed by atoms with Gasteiger partial charge in [0.2, 0.25) is 5.91 Å². The van der Waals surface area contributed by atoms with Crippen LogP contribution in [-0.2, 0) is 16.1 Å². The van der Waals surface area contributed by atoms with Crippen molar-refractivity contribution in [3.63, 3.8) is 0 Å². The van der Waals surface area contributed by atoms with Crippen molar-refractivity contribution in [1.82, 2.24) is 4.90 Å². The molecule has 0 spiro atoms. The second kappa shape index (κ2) is 6.68. The van der Waals surface area contributed by atoms with Crippen molar-refractivity contribution >= 4 is 34.3 Å². The van der Waals surface area contributed by atoms with Crippen molar-refractivity contribution in [2.75, 3.05) is 25.5 Å². The number of benzene rings is 1. The van der Waals surface area contributed by atoms with Crippen LogP contribution in [0.15, 0.2) is 26.9 Å². The number of hydrogen-bond acceptors (Lipinski definition) is 5. The van der Waals surface area contributed by atoms with E-state index in [2.05, 4.69) is 14.0 Å². The molecule has 0 radical (unpaired) electrons. The molecule has 7 heteroatoms. The first-order valence-corrected chi connectivity index (χ1v) is 8.24. The molecule has 6 nitrogen and oxygen atoms in total. The predicted molar refractivity (Wildman–Crippen MR) is 87.5 cm³/mol. The number of amides is 1. The van der Waals surface area contributed by atoms with Crippen molar-refractivity contribution in [3.05, 3.63) is 18.2 Å². The number of rotatable bonds is 5. The molecule has 1 fully saturated rings. The summed E-state index contributed by atoms with van der Waals surface area (Å²) in [5.41, 5.74) is 2.23. The summed E-state index contributed by atoms with van der Waals surface area (Å²) in [6, 6.07) is 5.57. The van der Waals surface area contributed by atoms with Crippen LogP contribution in [0.1, 0.15) is 19.3 Å². The van der Waals surface area contributed by atoms with Gasteiger partial charge in [-0.15, -0.1) is 0 Å². The molecule has 118 valence electrons. The third-order valence-corrected chi connectivity index (χ3v) is 4.68. The molecule has 0 bridgehead atoms. The van der Waals surface area contributed by atoms with E-state index in [0.29, 0.717) is 12.2 Å². The number of aliphatic hydroxyl groups is 1. The topological polar surface area (TPSA) is 77.3 Å². The third kappa shape index (κ3) is 3.43. The molecule has 1 aromatic rings. The maximum Gasteiger partial charge on any atom is 0.238 e. The van der Waals surface area contributed by atoms with E-state index < -0.39 is 0 Å². The zero-order chi connectivity index (χ0) is 15.5. The Balaban J connectivity index is 1.54. The van der Waals surface area contributed by atoms with Crippen LogP contribution >= 0.6 is 0 Å². The molecule has 0 aromatic heterocycles. The number of fused-ring (bicyclic) bond motifs is 1. The largest absolute Gasteiger partial charge is 0.393 e. The molecule has 22 heavy (non-hydrogen) atoms. The quantitative estimate of drug-likeness (QED) is 0.888. The first-order chi connectivity index (χ1) is 10.6. The first kappa shape index (κ1) is 15.3. The van der Waals surface area contributed by atoms with Gasteiger partial charge in [-0.05, 0) is 37.9 Å². The van der Waals surface area contributed by atoms with E-state index in [4.69, 9.17) is 0 Å². The summed E-state index contributed by atoms with van der Waals surface area (Å²) < 4.78 is 8.38. The van der Waals surface area contributed by atoms with E-state index in [-0.39, 0.29) is 17.9 Å². The van der Waals surface area contributed by atoms with Crippen molar-refractivity contribution in [2.24, 2.45) is 14.6 Å². The summed E-state index contributed by atoms with van der Waals surface area (Å²) in [5.74, 6) is 0.208. The number of nitrogens with zero attached hydrogens (tertiary/aromatic N) is 3. The number of nitrogens with one attached hydrogen (secondary N) is 1. The smallest absolute Gasteiger partial charge is 0.238 e. The molecule has 2 unspecified atom stereocenters. The Morgan fingerprint density at radius 2 is 2.32 bits per heavy atom. The SMILES string of the molecule is CN(CC(=O)Nc1cccc2c1N=S=N2)CC1CCCC1O. The fourth-order valence-electron chi connectivity index (χ4n) is 3.04. The summed E-state index contributed by atoms with van der Waals surface area (Å²) in [4.78, 5) is 14.1. The van der Waals surface area contributed by atoms with Crippen molar-refractivity contribution in [3.8, 4) is 0 Å². The molecule has 1 aliphatic heterocycles. The fraction of sp³-hybridized carbons (Fsp3) is 0.533. The average Bonchev–Trinajstić information content (AvgIpc) is 3.09. The van der Waals surface area contributed by atoms with Crippen LogP contribution < -0.4 is 5.32 Å². The van der Waals surface area contributed by atoms with Crippen LogP contribution in [0.25, 0.3) is 0 Å². The highest BCUT2D eigenvalue weighted by molar-refractivity contribution is 7.58. The molecule has 2 N–H and O–H groups in total. The Morgan fingerprint density at radius 1 is 1.45 bits per heavy atom. The highest BCUT2D eigenvalue weighted by atomic mass is 32.1. The van der Waals surface area contributed by atoms with Crippen LogP contribution in [0.4, 0.5) is 17.1 Å². The molecule has 1 heterocycles. The number of aliphatic hydroxyl groups excluding tert-OH is 1. The Hall–Kier alpha value is -1.57. The first-order valence-electron chi connectivity index (χ1n) is 7.51. The molecule has 1 saturated carbocycles. The number of anilines is 1. The maximum absolute atomic E-state index is 12.2. The number of likely N-dealkylation sites (N-methyl/N-ethyl adjacent to an activating group) is 1. The molecule has 1 aliphatic carbocycles. The Labute approximate surface area is 133 Å². The normalized spacial score (nSPS) is 22.7. The Bertz CT molecular complexity index is 642. The zero-order valence-electron chi connectivity index (χ0n) is 12.5. The lowest BCUT2D eigenvalue weighted by molar-refractivity contribution is -0.117. The van der Waals surface area contributed by atoms with Crippen LogP contribution in [0, 0.1) is 5.92 Å². The van der Waals surface area contributed by atoms with Crippen LogP contribution in [0.5, 0.6) is 0 Å². The van der Waals surface area contributed by atoms with Gasteiger partial charge in [-0.1, -0.05) is 12.5 Å². The highest BCUT2D eigenvalue weighted by Crippen LogP contribution is 2.38. The van der Waals surface area contributed by atoms with Crippen molar-refractivity contribution in [2.45, 2.75) is 25.4 Å². The molecule has 2 aliphatic rings. The van der Waals surface area contributed by atoms with Crippen LogP contribution in [0.3, 0.4) is 0 Å². The number of carbonyl (C=O) groups excluding carboxylic acids is 1. The minimum atomic E-state index is -0.222. The molecule has 1 amide bonds. The minimum Gasteiger partial charge on any atom is -0.393 e. The van der Waals surface area contributed by atoms with Gasteiger partial charge in [-0.25, -0.2) is 0 Å². The minimum absolute atomic E-state index is 0.0736. The summed E-state index contributed by atoms with van der Waals surface area (Å²) in [6.45, 7) is 1.05. The molecule has 3 rings (SSSR count). The van der Waals surface area contributed by atoms with E-state index in [1.54, 1.807) is 0 Å². The number of hydrogen-bond donors (Lipinski definition) is 2. The van der Waals surface area contributed by atoms with Crippen LogP contribution in [0.2, 0.25) is 0 Å². The van der Waals surface area contributed by atoms with Gasteiger partial charge in [-0.3, -0.25) is 9.69 Å². The second-order valence-corrected chi connectivity index (χ2v) is 6.47. The summed E-state index contributed by atoms with van der Waals surface area (Å²) in [6.07, 6.45) is 2.77. The van der Waals surface area contributed by atoms with E-state index in [9.17, 15) is 9.90 Å². The lowest BCUT2D eigenvalue weighted by Gasteiger charge is -2.22. The lowest BCUT2D eigenvalue weighted by Crippen LogP contribution is -2.35. The molecule has 0 saturated heterocycles. The van der Waals surface area contributed by atoms with E-state index in [1.807, 2.05) is 30.1 Å². The van der Waals surface area contributed by atoms with Gasteiger partial charge >= 0.3 is 0 Å². The van der Waals surface area contributed by atoms with Crippen molar-refractivity contribution < 1.29 is 9.90 Å². The van der Waals surface area contributed by atoms with E-state index >= 15 is 0 Å². The number of carbonyl (C=O) groups is 1. The van der Waals surface area contributed by atoms with Gasteiger partial charge in [0.15, 0.2) is 0 Å². The molecule has 1 aromatic carbocycles. The fourth-order valence-corrected chi connectivity index (χ4v) is 3.59. The van der Waals surface area contributed by atoms with Crippen LogP contribution in [-0.4, -0.2) is 42.2 Å². The third-order valence-electron chi connectivity index (χ3n) is 4.14. The lowest BCUT2D eigenvalue weighted by atomic mass is 10.1. The zero-order valence-corrected chi connectivity index (χ0v) is 13.3. The van der Waals surface area contributed by atoms with Gasteiger partial charge < -0.3 is 10.4 Å². The van der Waals surface area contributed by atoms with E-state index in [0.717, 1.165) is 48.5 Å². The summed E-state index contributed by atoms with van der Waals surface area (Å²) in [7, 11) is 1.91. The summed E-state index contributed by atoms with van der Waals surface area (Å²) in [5, 5.41) is 12.8. The highest BCUT2D eigenvalue weighted by Gasteiger charge is 2.26. The van der Waals surface area contributed by atoms with Gasteiger partial charge in [0.1, 0.15) is 11.4 Å². The van der Waals surface area contributed by atoms with Crippen molar-refractivity contribution in [1.29, 1.82) is 0 Å². The summed E-state index contributed by atoms with van der Waals surface area (Å²) >= 11 is 1.14. The monoisotopic (exact) mass is 320 g/mol.